The Morgan fingerprint density at radius 2 is 2.27 bits per heavy atom. The van der Waals surface area contributed by atoms with E-state index in [0.29, 0.717) is 30.8 Å². The lowest BCUT2D eigenvalue weighted by molar-refractivity contribution is -0.147. The smallest absolute Gasteiger partial charge is 0.238 e. The SMILES string of the molecule is CC(CN)CN1CCC(=O)N1C1CCC1. The first-order valence-corrected chi connectivity index (χ1v) is 5.99. The van der Waals surface area contributed by atoms with Crippen molar-refractivity contribution in [1.29, 1.82) is 0 Å². The molecule has 4 nitrogen and oxygen atoms in total. The predicted molar refractivity (Wildman–Crippen MR) is 58.9 cm³/mol. The second kappa shape index (κ2) is 4.49. The summed E-state index contributed by atoms with van der Waals surface area (Å²) in [6.45, 7) is 4.66. The second-order valence-corrected chi connectivity index (χ2v) is 4.83. The first kappa shape index (κ1) is 10.9. The van der Waals surface area contributed by atoms with E-state index in [1.165, 1.54) is 19.3 Å². The van der Waals surface area contributed by atoms with Crippen molar-refractivity contribution in [3.05, 3.63) is 0 Å². The average molecular weight is 211 g/mol. The van der Waals surface area contributed by atoms with Crippen molar-refractivity contribution in [1.82, 2.24) is 10.0 Å². The molecule has 15 heavy (non-hydrogen) atoms. The van der Waals surface area contributed by atoms with Crippen LogP contribution in [0.5, 0.6) is 0 Å². The second-order valence-electron chi connectivity index (χ2n) is 4.83. The molecule has 1 amide bonds. The molecular weight excluding hydrogens is 190 g/mol. The summed E-state index contributed by atoms with van der Waals surface area (Å²) in [5, 5.41) is 4.22. The van der Waals surface area contributed by atoms with E-state index in [9.17, 15) is 4.79 Å². The van der Waals surface area contributed by atoms with Crippen molar-refractivity contribution in [2.45, 2.75) is 38.6 Å². The van der Waals surface area contributed by atoms with Gasteiger partial charge in [0.25, 0.3) is 0 Å². The standard InChI is InChI=1S/C11H21N3O/c1-9(7-12)8-13-6-5-11(15)14(13)10-3-2-4-10/h9-10H,2-8,12H2,1H3. The van der Waals surface area contributed by atoms with Gasteiger partial charge in [-0.2, -0.15) is 0 Å². The maximum Gasteiger partial charge on any atom is 0.238 e. The number of carbonyl (C=O) groups excluding carboxylic acids is 1. The molecular formula is C11H21N3O. The molecule has 2 fully saturated rings. The summed E-state index contributed by atoms with van der Waals surface area (Å²) in [5.74, 6) is 0.780. The fourth-order valence-electron chi connectivity index (χ4n) is 2.28. The van der Waals surface area contributed by atoms with Crippen LogP contribution in [0.2, 0.25) is 0 Å². The van der Waals surface area contributed by atoms with Gasteiger partial charge in [0.2, 0.25) is 5.91 Å². The van der Waals surface area contributed by atoms with Gasteiger partial charge < -0.3 is 5.73 Å². The van der Waals surface area contributed by atoms with Gasteiger partial charge in [-0.05, 0) is 31.7 Å². The predicted octanol–water partition coefficient (Wildman–Crippen LogP) is 0.583. The van der Waals surface area contributed by atoms with Gasteiger partial charge in [0.15, 0.2) is 0 Å². The fourth-order valence-corrected chi connectivity index (χ4v) is 2.28. The molecule has 1 heterocycles. The number of rotatable bonds is 4. The van der Waals surface area contributed by atoms with Crippen molar-refractivity contribution < 1.29 is 4.79 Å². The molecule has 0 radical (unpaired) electrons. The van der Waals surface area contributed by atoms with E-state index in [0.717, 1.165) is 13.1 Å². The van der Waals surface area contributed by atoms with E-state index in [1.54, 1.807) is 0 Å². The molecule has 1 unspecified atom stereocenters. The number of nitrogens with two attached hydrogens (primary N) is 1. The Morgan fingerprint density at radius 3 is 2.80 bits per heavy atom. The average Bonchev–Trinajstić information content (AvgIpc) is 2.47. The zero-order chi connectivity index (χ0) is 10.8. The summed E-state index contributed by atoms with van der Waals surface area (Å²) in [4.78, 5) is 11.7. The number of hydrogen-bond acceptors (Lipinski definition) is 3. The largest absolute Gasteiger partial charge is 0.330 e. The first-order chi connectivity index (χ1) is 7.22. The highest BCUT2D eigenvalue weighted by Gasteiger charge is 2.37. The third-order valence-corrected chi connectivity index (χ3v) is 3.49. The molecule has 1 atom stereocenters. The van der Waals surface area contributed by atoms with Crippen molar-refractivity contribution in [2.24, 2.45) is 11.7 Å². The molecule has 0 aromatic rings. The number of carbonyl (C=O) groups is 1. The van der Waals surface area contributed by atoms with Crippen LogP contribution in [0.3, 0.4) is 0 Å². The molecule has 2 aliphatic rings. The Bertz CT molecular complexity index is 240. The van der Waals surface area contributed by atoms with E-state index in [1.807, 2.05) is 5.01 Å². The van der Waals surface area contributed by atoms with Gasteiger partial charge >= 0.3 is 0 Å². The third kappa shape index (κ3) is 2.16. The molecule has 0 spiro atoms. The summed E-state index contributed by atoms with van der Waals surface area (Å²) in [6.07, 6.45) is 4.32. The summed E-state index contributed by atoms with van der Waals surface area (Å²) >= 11 is 0. The number of amides is 1. The van der Waals surface area contributed by atoms with E-state index in [-0.39, 0.29) is 0 Å². The Morgan fingerprint density at radius 1 is 1.53 bits per heavy atom. The molecule has 1 aliphatic carbocycles. The molecule has 0 aromatic carbocycles. The maximum atomic E-state index is 11.7. The van der Waals surface area contributed by atoms with Crippen LogP contribution in [-0.4, -0.2) is 41.6 Å². The molecule has 1 saturated heterocycles. The van der Waals surface area contributed by atoms with Crippen LogP contribution in [0.25, 0.3) is 0 Å². The van der Waals surface area contributed by atoms with Gasteiger partial charge in [0, 0.05) is 25.6 Å². The van der Waals surface area contributed by atoms with Gasteiger partial charge in [0.05, 0.1) is 0 Å². The number of hydrogen-bond donors (Lipinski definition) is 1. The number of nitrogens with zero attached hydrogens (tertiary/aromatic N) is 2. The highest BCUT2D eigenvalue weighted by molar-refractivity contribution is 5.78. The van der Waals surface area contributed by atoms with Gasteiger partial charge in [-0.3, -0.25) is 9.80 Å². The zero-order valence-electron chi connectivity index (χ0n) is 9.48. The summed E-state index contributed by atoms with van der Waals surface area (Å²) < 4.78 is 0. The van der Waals surface area contributed by atoms with E-state index in [2.05, 4.69) is 11.9 Å². The lowest BCUT2D eigenvalue weighted by atomic mass is 9.92. The van der Waals surface area contributed by atoms with Crippen LogP contribution in [0.4, 0.5) is 0 Å². The van der Waals surface area contributed by atoms with Crippen LogP contribution in [0, 0.1) is 5.92 Å². The molecule has 86 valence electrons. The lowest BCUT2D eigenvalue weighted by Gasteiger charge is -2.40. The van der Waals surface area contributed by atoms with Crippen molar-refractivity contribution in [3.63, 3.8) is 0 Å². The van der Waals surface area contributed by atoms with Crippen LogP contribution >= 0.6 is 0 Å². The van der Waals surface area contributed by atoms with Crippen molar-refractivity contribution in [3.8, 4) is 0 Å². The lowest BCUT2D eigenvalue weighted by Crippen LogP contribution is -2.50. The monoisotopic (exact) mass is 211 g/mol. The van der Waals surface area contributed by atoms with E-state index >= 15 is 0 Å². The van der Waals surface area contributed by atoms with E-state index < -0.39 is 0 Å². The van der Waals surface area contributed by atoms with Gasteiger partial charge in [0.1, 0.15) is 0 Å². The quantitative estimate of drug-likeness (QED) is 0.740. The topological polar surface area (TPSA) is 49.6 Å². The van der Waals surface area contributed by atoms with Crippen LogP contribution < -0.4 is 5.73 Å². The fraction of sp³-hybridized carbons (Fsp3) is 0.909. The van der Waals surface area contributed by atoms with Gasteiger partial charge in [-0.15, -0.1) is 0 Å². The number of hydrazine groups is 1. The van der Waals surface area contributed by atoms with Gasteiger partial charge in [-0.1, -0.05) is 6.92 Å². The molecule has 1 saturated carbocycles. The Labute approximate surface area is 91.4 Å². The van der Waals surface area contributed by atoms with Crippen LogP contribution in [0.1, 0.15) is 32.6 Å². The molecule has 0 aromatic heterocycles. The highest BCUT2D eigenvalue weighted by atomic mass is 16.2. The van der Waals surface area contributed by atoms with Crippen molar-refractivity contribution >= 4 is 5.91 Å². The normalized spacial score (nSPS) is 25.7. The summed E-state index contributed by atoms with van der Waals surface area (Å²) in [6, 6.07) is 0.491. The zero-order valence-corrected chi connectivity index (χ0v) is 9.48. The van der Waals surface area contributed by atoms with E-state index in [4.69, 9.17) is 5.73 Å². The molecule has 2 N–H and O–H groups in total. The molecule has 4 heteroatoms. The van der Waals surface area contributed by atoms with Crippen LogP contribution in [0.15, 0.2) is 0 Å². The minimum absolute atomic E-state index is 0.309. The molecule has 2 rings (SSSR count). The molecule has 0 bridgehead atoms. The maximum absolute atomic E-state index is 11.7. The first-order valence-electron chi connectivity index (χ1n) is 5.99. The molecule has 1 aliphatic heterocycles. The Hall–Kier alpha value is -0.610. The van der Waals surface area contributed by atoms with Gasteiger partial charge in [-0.25, -0.2) is 5.01 Å². The minimum atomic E-state index is 0.309. The van der Waals surface area contributed by atoms with Crippen molar-refractivity contribution in [2.75, 3.05) is 19.6 Å². The summed E-state index contributed by atoms with van der Waals surface area (Å²) in [5.41, 5.74) is 5.62. The van der Waals surface area contributed by atoms with Crippen LogP contribution in [-0.2, 0) is 4.79 Å². The third-order valence-electron chi connectivity index (χ3n) is 3.49. The Balaban J connectivity index is 1.94. The summed E-state index contributed by atoms with van der Waals surface area (Å²) in [7, 11) is 0. The minimum Gasteiger partial charge on any atom is -0.330 e. The highest BCUT2D eigenvalue weighted by Crippen LogP contribution is 2.29. The Kier molecular flexibility index (Phi) is 3.26.